The fourth-order valence-electron chi connectivity index (χ4n) is 4.72. The topological polar surface area (TPSA) is 141 Å². The third-order valence-corrected chi connectivity index (χ3v) is 7.04. The summed E-state index contributed by atoms with van der Waals surface area (Å²) >= 11 is 0. The highest BCUT2D eigenvalue weighted by Gasteiger charge is 2.27. The lowest BCUT2D eigenvalue weighted by molar-refractivity contribution is -0.137. The van der Waals surface area contributed by atoms with Crippen molar-refractivity contribution in [3.63, 3.8) is 0 Å². The molecule has 12 heteroatoms. The molecule has 1 fully saturated rings. The fraction of sp³-hybridized carbons (Fsp3) is 0.400. The van der Waals surface area contributed by atoms with Gasteiger partial charge in [0.25, 0.3) is 0 Å². The van der Waals surface area contributed by atoms with E-state index in [4.69, 9.17) is 9.72 Å². The van der Waals surface area contributed by atoms with E-state index in [1.165, 1.54) is 11.1 Å². The predicted molar refractivity (Wildman–Crippen MR) is 159 cm³/mol. The van der Waals surface area contributed by atoms with Crippen LogP contribution in [0.1, 0.15) is 45.6 Å². The highest BCUT2D eigenvalue weighted by Crippen LogP contribution is 2.33. The molecule has 1 atom stereocenters. The number of carbonyl (C=O) groups is 3. The van der Waals surface area contributed by atoms with Gasteiger partial charge in [-0.25, -0.2) is 14.6 Å². The lowest BCUT2D eigenvalue weighted by atomic mass is 10.1. The number of carboxylic acids is 1. The van der Waals surface area contributed by atoms with Gasteiger partial charge in [0.15, 0.2) is 5.82 Å². The Kier molecular flexibility index (Phi) is 10.2. The number of aliphatic carboxylic acids is 1. The third-order valence-electron chi connectivity index (χ3n) is 7.04. The van der Waals surface area contributed by atoms with E-state index < -0.39 is 12.0 Å². The van der Waals surface area contributed by atoms with Gasteiger partial charge in [0.05, 0.1) is 18.1 Å². The summed E-state index contributed by atoms with van der Waals surface area (Å²) in [5.74, 6) is -0.308. The van der Waals surface area contributed by atoms with Crippen LogP contribution in [-0.4, -0.2) is 75.1 Å². The molecule has 3 aromatic rings. The van der Waals surface area contributed by atoms with Crippen LogP contribution in [0.4, 0.5) is 27.9 Å². The van der Waals surface area contributed by atoms with Crippen LogP contribution in [0.25, 0.3) is 0 Å². The summed E-state index contributed by atoms with van der Waals surface area (Å²) in [6.45, 7) is 8.36. The molecule has 1 aliphatic heterocycles. The first kappa shape index (κ1) is 30.2. The SMILES string of the molecule is CCC(=O)N(c1cccnc1)c1cnc(N(CC)CC)nc1N[C@@H](Cc1ccc(OC(=O)N2CCCC2)cc1)C(=O)O. The summed E-state index contributed by atoms with van der Waals surface area (Å²) in [5.41, 5.74) is 1.54. The number of hydrogen-bond acceptors (Lipinski definition) is 9. The van der Waals surface area contributed by atoms with E-state index >= 15 is 0 Å². The summed E-state index contributed by atoms with van der Waals surface area (Å²) < 4.78 is 5.47. The Morgan fingerprint density at radius 1 is 1.05 bits per heavy atom. The molecule has 2 N–H and O–H groups in total. The summed E-state index contributed by atoms with van der Waals surface area (Å²) in [6, 6.07) is 9.14. The van der Waals surface area contributed by atoms with Gasteiger partial charge >= 0.3 is 12.1 Å². The number of carboxylic acid groups (broad SMARTS) is 1. The number of carbonyl (C=O) groups excluding carboxylic acids is 2. The second-order valence-corrected chi connectivity index (χ2v) is 9.82. The first-order valence-electron chi connectivity index (χ1n) is 14.2. The number of nitrogens with one attached hydrogen (secondary N) is 1. The van der Waals surface area contributed by atoms with E-state index in [-0.39, 0.29) is 30.7 Å². The fourth-order valence-corrected chi connectivity index (χ4v) is 4.72. The maximum Gasteiger partial charge on any atom is 0.415 e. The molecule has 4 rings (SSSR count). The van der Waals surface area contributed by atoms with Crippen LogP contribution in [0.15, 0.2) is 55.0 Å². The van der Waals surface area contributed by atoms with Crippen molar-refractivity contribution >= 4 is 41.1 Å². The Hall–Kier alpha value is -4.74. The van der Waals surface area contributed by atoms with Gasteiger partial charge in [-0.1, -0.05) is 19.1 Å². The molecule has 0 bridgehead atoms. The summed E-state index contributed by atoms with van der Waals surface area (Å²) in [6.07, 6.45) is 6.55. The van der Waals surface area contributed by atoms with Crippen LogP contribution in [-0.2, 0) is 16.0 Å². The van der Waals surface area contributed by atoms with E-state index in [1.807, 2.05) is 18.7 Å². The van der Waals surface area contributed by atoms with E-state index in [1.54, 1.807) is 60.6 Å². The van der Waals surface area contributed by atoms with Gasteiger partial charge in [0.1, 0.15) is 17.5 Å². The Morgan fingerprint density at radius 3 is 2.36 bits per heavy atom. The van der Waals surface area contributed by atoms with Crippen molar-refractivity contribution in [3.8, 4) is 5.75 Å². The molecule has 0 unspecified atom stereocenters. The molecule has 1 aromatic carbocycles. The number of hydrogen-bond donors (Lipinski definition) is 2. The number of benzene rings is 1. The molecule has 2 aromatic heterocycles. The van der Waals surface area contributed by atoms with Gasteiger partial charge in [-0.15, -0.1) is 0 Å². The van der Waals surface area contributed by atoms with Gasteiger partial charge in [-0.05, 0) is 56.5 Å². The minimum atomic E-state index is -1.09. The van der Waals surface area contributed by atoms with Gasteiger partial charge in [-0.2, -0.15) is 4.98 Å². The predicted octanol–water partition coefficient (Wildman–Crippen LogP) is 4.49. The summed E-state index contributed by atoms with van der Waals surface area (Å²) in [7, 11) is 0. The van der Waals surface area contributed by atoms with E-state index in [0.717, 1.165) is 12.8 Å². The number of rotatable bonds is 12. The highest BCUT2D eigenvalue weighted by molar-refractivity contribution is 6.02. The second kappa shape index (κ2) is 14.2. The van der Waals surface area contributed by atoms with Crippen LogP contribution in [0.2, 0.25) is 0 Å². The van der Waals surface area contributed by atoms with Crippen LogP contribution in [0.3, 0.4) is 0 Å². The quantitative estimate of drug-likeness (QED) is 0.317. The van der Waals surface area contributed by atoms with Crippen molar-refractivity contribution in [2.75, 3.05) is 41.3 Å². The third kappa shape index (κ3) is 7.31. The molecule has 2 amide bonds. The maximum absolute atomic E-state index is 13.1. The van der Waals surface area contributed by atoms with Gasteiger partial charge in [0, 0.05) is 45.2 Å². The largest absolute Gasteiger partial charge is 0.480 e. The Labute approximate surface area is 245 Å². The molecule has 42 heavy (non-hydrogen) atoms. The van der Waals surface area contributed by atoms with Crippen LogP contribution in [0, 0.1) is 0 Å². The minimum absolute atomic E-state index is 0.106. The van der Waals surface area contributed by atoms with Crippen LogP contribution < -0.4 is 19.9 Å². The Bertz CT molecular complexity index is 1360. The van der Waals surface area contributed by atoms with Gasteiger partial charge in [-0.3, -0.25) is 14.7 Å². The molecule has 222 valence electrons. The minimum Gasteiger partial charge on any atom is -0.480 e. The average molecular weight is 576 g/mol. The standard InChI is InChI=1S/C30H37N7O5/c1-4-26(38)37(22-10-9-15-31-19-22)25-20-32-29(35(5-2)6-3)34-27(25)33-24(28(39)40)18-21-11-13-23(14-12-21)42-30(41)36-16-7-8-17-36/h9-15,19-20,24H,4-8,16-18H2,1-3H3,(H,39,40)(H,32,33,34)/t24-/m0/s1. The molecule has 1 aliphatic rings. The second-order valence-electron chi connectivity index (χ2n) is 9.82. The lowest BCUT2D eigenvalue weighted by Gasteiger charge is -2.27. The number of amides is 2. The van der Waals surface area contributed by atoms with Crippen molar-refractivity contribution in [1.82, 2.24) is 19.9 Å². The van der Waals surface area contributed by atoms with Crippen molar-refractivity contribution in [2.24, 2.45) is 0 Å². The Balaban J connectivity index is 1.62. The first-order chi connectivity index (χ1) is 20.3. The normalized spacial score (nSPS) is 13.4. The van der Waals surface area contributed by atoms with Gasteiger partial charge in [0.2, 0.25) is 11.9 Å². The number of anilines is 4. The summed E-state index contributed by atoms with van der Waals surface area (Å²) in [5, 5.41) is 13.3. The molecule has 1 saturated heterocycles. The van der Waals surface area contributed by atoms with Gasteiger partial charge < -0.3 is 25.0 Å². The number of pyridine rings is 1. The van der Waals surface area contributed by atoms with Crippen LogP contribution in [0.5, 0.6) is 5.75 Å². The van der Waals surface area contributed by atoms with Crippen molar-refractivity contribution in [3.05, 3.63) is 60.6 Å². The number of aromatic nitrogens is 3. The van der Waals surface area contributed by atoms with Crippen molar-refractivity contribution in [1.29, 1.82) is 0 Å². The molecule has 0 aliphatic carbocycles. The molecule has 3 heterocycles. The first-order valence-corrected chi connectivity index (χ1v) is 14.2. The van der Waals surface area contributed by atoms with Crippen molar-refractivity contribution in [2.45, 2.75) is 52.5 Å². The zero-order chi connectivity index (χ0) is 30.1. The van der Waals surface area contributed by atoms with Crippen molar-refractivity contribution < 1.29 is 24.2 Å². The highest BCUT2D eigenvalue weighted by atomic mass is 16.6. The lowest BCUT2D eigenvalue weighted by Crippen LogP contribution is -2.34. The maximum atomic E-state index is 13.1. The van der Waals surface area contributed by atoms with E-state index in [0.29, 0.717) is 54.8 Å². The number of likely N-dealkylation sites (tertiary alicyclic amines) is 1. The van der Waals surface area contributed by atoms with E-state index in [9.17, 15) is 19.5 Å². The smallest absolute Gasteiger partial charge is 0.415 e. The number of ether oxygens (including phenoxy) is 1. The average Bonchev–Trinajstić information content (AvgIpc) is 3.55. The zero-order valence-electron chi connectivity index (χ0n) is 24.2. The van der Waals surface area contributed by atoms with Crippen LogP contribution >= 0.6 is 0 Å². The molecule has 0 spiro atoms. The summed E-state index contributed by atoms with van der Waals surface area (Å²) in [4.78, 5) is 56.3. The molecule has 12 nitrogen and oxygen atoms in total. The molecule has 0 radical (unpaired) electrons. The Morgan fingerprint density at radius 2 is 1.76 bits per heavy atom. The number of nitrogens with zero attached hydrogens (tertiary/aromatic N) is 6. The molecule has 0 saturated carbocycles. The molecular formula is C30H37N7O5. The monoisotopic (exact) mass is 575 g/mol. The molecular weight excluding hydrogens is 538 g/mol. The van der Waals surface area contributed by atoms with E-state index in [2.05, 4.69) is 15.3 Å². The zero-order valence-corrected chi connectivity index (χ0v) is 24.2.